The molecule has 1 aromatic heterocycles. The van der Waals surface area contributed by atoms with Crippen LogP contribution < -0.4 is 10.1 Å². The van der Waals surface area contributed by atoms with Crippen LogP contribution >= 0.6 is 0 Å². The molecule has 102 valence electrons. The lowest BCUT2D eigenvalue weighted by atomic mass is 10.0. The molecule has 4 nitrogen and oxygen atoms in total. The zero-order valence-corrected chi connectivity index (χ0v) is 12.2. The van der Waals surface area contributed by atoms with E-state index in [4.69, 9.17) is 4.74 Å². The summed E-state index contributed by atoms with van der Waals surface area (Å²) in [5.41, 5.74) is 4.40. The van der Waals surface area contributed by atoms with Crippen molar-refractivity contribution >= 4 is 5.69 Å². The first-order chi connectivity index (χ1) is 9.01. The van der Waals surface area contributed by atoms with Crippen LogP contribution in [-0.2, 0) is 7.05 Å². The van der Waals surface area contributed by atoms with Crippen LogP contribution in [0.25, 0.3) is 0 Å². The predicted octanol–water partition coefficient (Wildman–Crippen LogP) is 3.22. The Balaban J connectivity index is 2.24. The molecule has 1 unspecified atom stereocenters. The Morgan fingerprint density at radius 3 is 2.63 bits per heavy atom. The summed E-state index contributed by atoms with van der Waals surface area (Å²) < 4.78 is 7.28. The third kappa shape index (κ3) is 2.89. The third-order valence-corrected chi connectivity index (χ3v) is 3.24. The van der Waals surface area contributed by atoms with Crippen LogP contribution in [0.5, 0.6) is 5.75 Å². The average molecular weight is 259 g/mol. The van der Waals surface area contributed by atoms with Gasteiger partial charge in [0, 0.05) is 18.8 Å². The molecule has 0 amide bonds. The van der Waals surface area contributed by atoms with Crippen LogP contribution in [-0.4, -0.2) is 16.9 Å². The highest BCUT2D eigenvalue weighted by Gasteiger charge is 2.13. The zero-order valence-electron chi connectivity index (χ0n) is 12.2. The Labute approximate surface area is 114 Å². The molecule has 0 saturated carbocycles. The van der Waals surface area contributed by atoms with Gasteiger partial charge in [-0.15, -0.1) is 0 Å². The Bertz CT molecular complexity index is 575. The molecule has 0 aliphatic rings. The van der Waals surface area contributed by atoms with Gasteiger partial charge in [-0.3, -0.25) is 4.68 Å². The number of aromatic nitrogens is 2. The summed E-state index contributed by atoms with van der Waals surface area (Å²) in [6, 6.07) is 6.44. The molecular formula is C15H21N3O. The largest absolute Gasteiger partial charge is 0.496 e. The van der Waals surface area contributed by atoms with E-state index in [0.717, 1.165) is 22.7 Å². The summed E-state index contributed by atoms with van der Waals surface area (Å²) in [7, 11) is 3.63. The van der Waals surface area contributed by atoms with Gasteiger partial charge in [0.2, 0.25) is 0 Å². The van der Waals surface area contributed by atoms with E-state index in [1.54, 1.807) is 7.11 Å². The Hall–Kier alpha value is -1.97. The van der Waals surface area contributed by atoms with Crippen molar-refractivity contribution in [3.8, 4) is 5.75 Å². The Morgan fingerprint density at radius 2 is 2.05 bits per heavy atom. The quantitative estimate of drug-likeness (QED) is 0.916. The summed E-state index contributed by atoms with van der Waals surface area (Å²) in [5, 5.41) is 7.82. The topological polar surface area (TPSA) is 39.1 Å². The predicted molar refractivity (Wildman–Crippen MR) is 77.7 cm³/mol. The molecule has 1 heterocycles. The third-order valence-electron chi connectivity index (χ3n) is 3.24. The number of aryl methyl sites for hydroxylation is 3. The van der Waals surface area contributed by atoms with Crippen molar-refractivity contribution in [2.45, 2.75) is 26.8 Å². The summed E-state index contributed by atoms with van der Waals surface area (Å²) in [6.07, 6.45) is 1.99. The number of ether oxygens (including phenoxy) is 1. The van der Waals surface area contributed by atoms with Crippen molar-refractivity contribution < 1.29 is 4.74 Å². The van der Waals surface area contributed by atoms with E-state index in [0.29, 0.717) is 0 Å². The van der Waals surface area contributed by atoms with Gasteiger partial charge in [-0.2, -0.15) is 5.10 Å². The van der Waals surface area contributed by atoms with Crippen molar-refractivity contribution in [3.63, 3.8) is 0 Å². The van der Waals surface area contributed by atoms with Crippen molar-refractivity contribution in [2.24, 2.45) is 7.05 Å². The minimum atomic E-state index is 0.165. The average Bonchev–Trinajstić information content (AvgIpc) is 2.67. The molecule has 0 fully saturated rings. The molecule has 0 bridgehead atoms. The smallest absolute Gasteiger partial charge is 0.124 e. The summed E-state index contributed by atoms with van der Waals surface area (Å²) in [5.74, 6) is 0.918. The molecule has 1 atom stereocenters. The maximum atomic E-state index is 5.46. The fourth-order valence-electron chi connectivity index (χ4n) is 2.23. The minimum Gasteiger partial charge on any atom is -0.496 e. The number of methoxy groups -OCH3 is 1. The van der Waals surface area contributed by atoms with Crippen LogP contribution in [0.4, 0.5) is 5.69 Å². The second-order valence-corrected chi connectivity index (χ2v) is 4.91. The maximum Gasteiger partial charge on any atom is 0.124 e. The van der Waals surface area contributed by atoms with Gasteiger partial charge in [0.05, 0.1) is 24.5 Å². The van der Waals surface area contributed by atoms with Gasteiger partial charge in [-0.05, 0) is 32.4 Å². The van der Waals surface area contributed by atoms with Crippen LogP contribution in [0.1, 0.15) is 29.8 Å². The molecule has 4 heteroatoms. The molecule has 2 aromatic rings. The molecule has 1 N–H and O–H groups in total. The first-order valence-electron chi connectivity index (χ1n) is 6.42. The first kappa shape index (κ1) is 13.5. The van der Waals surface area contributed by atoms with Gasteiger partial charge in [-0.1, -0.05) is 12.1 Å². The fraction of sp³-hybridized carbons (Fsp3) is 0.400. The van der Waals surface area contributed by atoms with Gasteiger partial charge in [0.1, 0.15) is 5.75 Å². The van der Waals surface area contributed by atoms with E-state index in [-0.39, 0.29) is 6.04 Å². The number of hydrogen-bond donors (Lipinski definition) is 1. The maximum absolute atomic E-state index is 5.46. The lowest BCUT2D eigenvalue weighted by molar-refractivity contribution is 0.407. The van der Waals surface area contributed by atoms with Gasteiger partial charge >= 0.3 is 0 Å². The van der Waals surface area contributed by atoms with Crippen LogP contribution in [0.15, 0.2) is 24.4 Å². The normalized spacial score (nSPS) is 12.3. The van der Waals surface area contributed by atoms with Crippen LogP contribution in [0, 0.1) is 13.8 Å². The molecule has 0 spiro atoms. The van der Waals surface area contributed by atoms with Gasteiger partial charge in [0.15, 0.2) is 0 Å². The highest BCUT2D eigenvalue weighted by molar-refractivity contribution is 5.50. The van der Waals surface area contributed by atoms with Crippen molar-refractivity contribution in [3.05, 3.63) is 41.2 Å². The standard InChI is InChI=1S/C15H21N3O/c1-10-6-7-13(15(8-10)19-5)11(2)16-14-9-18(4)17-12(14)3/h6-9,11,16H,1-5H3. The molecule has 1 aromatic carbocycles. The van der Waals surface area contributed by atoms with Crippen LogP contribution in [0.3, 0.4) is 0 Å². The highest BCUT2D eigenvalue weighted by atomic mass is 16.5. The van der Waals surface area contributed by atoms with Crippen molar-refractivity contribution in [1.82, 2.24) is 9.78 Å². The van der Waals surface area contributed by atoms with Crippen LogP contribution in [0.2, 0.25) is 0 Å². The molecule has 19 heavy (non-hydrogen) atoms. The number of anilines is 1. The molecule has 0 aliphatic carbocycles. The lowest BCUT2D eigenvalue weighted by Gasteiger charge is -2.18. The number of hydrogen-bond acceptors (Lipinski definition) is 3. The molecule has 0 radical (unpaired) electrons. The first-order valence-corrected chi connectivity index (χ1v) is 6.42. The van der Waals surface area contributed by atoms with Gasteiger partial charge in [0.25, 0.3) is 0 Å². The Morgan fingerprint density at radius 1 is 1.32 bits per heavy atom. The summed E-state index contributed by atoms with van der Waals surface area (Å²) >= 11 is 0. The zero-order chi connectivity index (χ0) is 14.0. The number of benzene rings is 1. The SMILES string of the molecule is COc1cc(C)ccc1C(C)Nc1cn(C)nc1C. The van der Waals surface area contributed by atoms with E-state index in [1.807, 2.05) is 24.9 Å². The monoisotopic (exact) mass is 259 g/mol. The second kappa shape index (κ2) is 5.34. The molecule has 0 aliphatic heterocycles. The fourth-order valence-corrected chi connectivity index (χ4v) is 2.23. The van der Waals surface area contributed by atoms with Crippen molar-refractivity contribution in [1.29, 1.82) is 0 Å². The number of nitrogens with zero attached hydrogens (tertiary/aromatic N) is 2. The number of rotatable bonds is 4. The molecule has 0 saturated heterocycles. The van der Waals surface area contributed by atoms with Gasteiger partial charge < -0.3 is 10.1 Å². The summed E-state index contributed by atoms with van der Waals surface area (Å²) in [4.78, 5) is 0. The van der Waals surface area contributed by atoms with E-state index >= 15 is 0 Å². The van der Waals surface area contributed by atoms with E-state index in [1.165, 1.54) is 5.56 Å². The highest BCUT2D eigenvalue weighted by Crippen LogP contribution is 2.29. The molecule has 2 rings (SSSR count). The van der Waals surface area contributed by atoms with E-state index < -0.39 is 0 Å². The van der Waals surface area contributed by atoms with E-state index in [9.17, 15) is 0 Å². The Kier molecular flexibility index (Phi) is 3.79. The number of nitrogens with one attached hydrogen (secondary N) is 1. The minimum absolute atomic E-state index is 0.165. The van der Waals surface area contributed by atoms with E-state index in [2.05, 4.69) is 42.5 Å². The summed E-state index contributed by atoms with van der Waals surface area (Å²) in [6.45, 7) is 6.19. The second-order valence-electron chi connectivity index (χ2n) is 4.91. The lowest BCUT2D eigenvalue weighted by Crippen LogP contribution is -2.08. The van der Waals surface area contributed by atoms with Gasteiger partial charge in [-0.25, -0.2) is 0 Å². The molecular weight excluding hydrogens is 238 g/mol. The van der Waals surface area contributed by atoms with Crippen molar-refractivity contribution in [2.75, 3.05) is 12.4 Å².